The standard InChI is InChI=1S/C13H16F3NO4S/c14-13(15,16)21-11-5-3-10(4-6-11)9-22(18,19)17-8-12-2-1-7-20-12/h3-6,12,17H,1-2,7-9H2. The molecular formula is C13H16F3NO4S. The number of sulfonamides is 1. The van der Waals surface area contributed by atoms with Crippen LogP contribution < -0.4 is 9.46 Å². The Bertz CT molecular complexity index is 580. The molecule has 0 amide bonds. The highest BCUT2D eigenvalue weighted by molar-refractivity contribution is 7.88. The molecule has 124 valence electrons. The van der Waals surface area contributed by atoms with E-state index in [1.165, 1.54) is 12.1 Å². The van der Waals surface area contributed by atoms with E-state index in [9.17, 15) is 21.6 Å². The molecule has 22 heavy (non-hydrogen) atoms. The molecule has 1 N–H and O–H groups in total. The van der Waals surface area contributed by atoms with Crippen molar-refractivity contribution in [1.82, 2.24) is 4.72 Å². The summed E-state index contributed by atoms with van der Waals surface area (Å²) in [5.41, 5.74) is 0.370. The van der Waals surface area contributed by atoms with E-state index in [0.717, 1.165) is 25.0 Å². The fourth-order valence-corrected chi connectivity index (χ4v) is 3.26. The van der Waals surface area contributed by atoms with E-state index < -0.39 is 16.4 Å². The number of rotatable bonds is 6. The van der Waals surface area contributed by atoms with Crippen molar-refractivity contribution in [2.45, 2.75) is 31.1 Å². The van der Waals surface area contributed by atoms with Gasteiger partial charge in [-0.15, -0.1) is 13.2 Å². The Morgan fingerprint density at radius 3 is 2.50 bits per heavy atom. The van der Waals surface area contributed by atoms with Crippen molar-refractivity contribution in [3.8, 4) is 5.75 Å². The second-order valence-electron chi connectivity index (χ2n) is 4.93. The van der Waals surface area contributed by atoms with E-state index in [1.807, 2.05) is 0 Å². The predicted molar refractivity (Wildman–Crippen MR) is 72.7 cm³/mol. The lowest BCUT2D eigenvalue weighted by Gasteiger charge is -2.12. The summed E-state index contributed by atoms with van der Waals surface area (Å²) in [6, 6.07) is 4.73. The number of hydrogen-bond donors (Lipinski definition) is 1. The quantitative estimate of drug-likeness (QED) is 0.863. The van der Waals surface area contributed by atoms with Gasteiger partial charge < -0.3 is 9.47 Å². The van der Waals surface area contributed by atoms with E-state index in [1.54, 1.807) is 0 Å². The first kappa shape index (κ1) is 17.0. The van der Waals surface area contributed by atoms with Gasteiger partial charge in [-0.1, -0.05) is 12.1 Å². The summed E-state index contributed by atoms with van der Waals surface area (Å²) >= 11 is 0. The topological polar surface area (TPSA) is 64.6 Å². The van der Waals surface area contributed by atoms with Crippen LogP contribution in [0.25, 0.3) is 0 Å². The lowest BCUT2D eigenvalue weighted by Crippen LogP contribution is -2.32. The van der Waals surface area contributed by atoms with Gasteiger partial charge in [0, 0.05) is 13.2 Å². The number of ether oxygens (including phenoxy) is 2. The molecule has 5 nitrogen and oxygen atoms in total. The number of nitrogens with one attached hydrogen (secondary N) is 1. The number of alkyl halides is 3. The summed E-state index contributed by atoms with van der Waals surface area (Å²) in [6.07, 6.45) is -3.16. The molecule has 1 atom stereocenters. The van der Waals surface area contributed by atoms with Crippen LogP contribution in [-0.4, -0.2) is 34.0 Å². The third kappa shape index (κ3) is 5.82. The molecule has 1 aliphatic rings. The lowest BCUT2D eigenvalue weighted by atomic mass is 10.2. The van der Waals surface area contributed by atoms with Gasteiger partial charge in [-0.05, 0) is 30.5 Å². The second-order valence-corrected chi connectivity index (χ2v) is 6.74. The summed E-state index contributed by atoms with van der Waals surface area (Å²) in [7, 11) is -3.56. The van der Waals surface area contributed by atoms with Crippen LogP contribution in [0.15, 0.2) is 24.3 Å². The molecule has 2 rings (SSSR count). The van der Waals surface area contributed by atoms with Gasteiger partial charge in [0.1, 0.15) is 5.75 Å². The molecule has 0 aliphatic carbocycles. The molecule has 0 aromatic heterocycles. The third-order valence-corrected chi connectivity index (χ3v) is 4.39. The van der Waals surface area contributed by atoms with Crippen molar-refractivity contribution in [3.63, 3.8) is 0 Å². The summed E-state index contributed by atoms with van der Waals surface area (Å²) in [6.45, 7) is 0.838. The van der Waals surface area contributed by atoms with Gasteiger partial charge in [-0.3, -0.25) is 0 Å². The minimum atomic E-state index is -4.77. The molecule has 1 fully saturated rings. The largest absolute Gasteiger partial charge is 0.573 e. The molecule has 0 bridgehead atoms. The second kappa shape index (κ2) is 6.84. The van der Waals surface area contributed by atoms with Gasteiger partial charge in [0.2, 0.25) is 10.0 Å². The molecule has 9 heteroatoms. The van der Waals surface area contributed by atoms with Gasteiger partial charge in [-0.2, -0.15) is 0 Å². The third-order valence-electron chi connectivity index (χ3n) is 3.07. The Labute approximate surface area is 126 Å². The van der Waals surface area contributed by atoms with Crippen molar-refractivity contribution >= 4 is 10.0 Å². The summed E-state index contributed by atoms with van der Waals surface area (Å²) in [4.78, 5) is 0. The first-order chi connectivity index (χ1) is 10.2. The normalized spacial score (nSPS) is 19.3. The average Bonchev–Trinajstić information content (AvgIpc) is 2.90. The molecule has 1 aromatic carbocycles. The predicted octanol–water partition coefficient (Wildman–Crippen LogP) is 2.18. The van der Waals surface area contributed by atoms with Gasteiger partial charge in [-0.25, -0.2) is 13.1 Å². The van der Waals surface area contributed by atoms with Crippen LogP contribution in [0.3, 0.4) is 0 Å². The van der Waals surface area contributed by atoms with Gasteiger partial charge in [0.25, 0.3) is 0 Å². The number of hydrogen-bond acceptors (Lipinski definition) is 4. The van der Waals surface area contributed by atoms with Crippen LogP contribution in [-0.2, 0) is 20.5 Å². The monoisotopic (exact) mass is 339 g/mol. The van der Waals surface area contributed by atoms with Crippen LogP contribution in [0.5, 0.6) is 5.75 Å². The van der Waals surface area contributed by atoms with E-state index in [-0.39, 0.29) is 24.2 Å². The molecule has 1 saturated heterocycles. The average molecular weight is 339 g/mol. The van der Waals surface area contributed by atoms with E-state index in [2.05, 4.69) is 9.46 Å². The minimum absolute atomic E-state index is 0.114. The first-order valence-corrected chi connectivity index (χ1v) is 8.32. The van der Waals surface area contributed by atoms with Crippen molar-refractivity contribution in [2.24, 2.45) is 0 Å². The lowest BCUT2D eigenvalue weighted by molar-refractivity contribution is -0.274. The van der Waals surface area contributed by atoms with E-state index in [4.69, 9.17) is 4.74 Å². The molecule has 1 aliphatic heterocycles. The Kier molecular flexibility index (Phi) is 5.30. The van der Waals surface area contributed by atoms with Crippen LogP contribution in [0, 0.1) is 0 Å². The number of halogens is 3. The highest BCUT2D eigenvalue weighted by Gasteiger charge is 2.31. The van der Waals surface area contributed by atoms with E-state index in [0.29, 0.717) is 12.2 Å². The van der Waals surface area contributed by atoms with Gasteiger partial charge in [0.15, 0.2) is 0 Å². The minimum Gasteiger partial charge on any atom is -0.406 e. The molecule has 0 radical (unpaired) electrons. The van der Waals surface area contributed by atoms with Crippen LogP contribution >= 0.6 is 0 Å². The van der Waals surface area contributed by atoms with Crippen molar-refractivity contribution in [2.75, 3.05) is 13.2 Å². The maximum absolute atomic E-state index is 12.0. The molecule has 0 saturated carbocycles. The maximum atomic E-state index is 12.0. The Morgan fingerprint density at radius 1 is 1.27 bits per heavy atom. The fourth-order valence-electron chi connectivity index (χ4n) is 2.08. The highest BCUT2D eigenvalue weighted by Crippen LogP contribution is 2.23. The maximum Gasteiger partial charge on any atom is 0.573 e. The highest BCUT2D eigenvalue weighted by atomic mass is 32.2. The summed E-state index contributed by atoms with van der Waals surface area (Å²) in [5.74, 6) is -0.701. The number of benzene rings is 1. The van der Waals surface area contributed by atoms with E-state index >= 15 is 0 Å². The summed E-state index contributed by atoms with van der Waals surface area (Å²) < 4.78 is 71.3. The Balaban J connectivity index is 1.88. The smallest absolute Gasteiger partial charge is 0.406 e. The molecule has 1 unspecified atom stereocenters. The zero-order valence-corrected chi connectivity index (χ0v) is 12.4. The van der Waals surface area contributed by atoms with Gasteiger partial charge in [0.05, 0.1) is 11.9 Å². The van der Waals surface area contributed by atoms with Gasteiger partial charge >= 0.3 is 6.36 Å². The molecule has 0 spiro atoms. The first-order valence-electron chi connectivity index (χ1n) is 6.67. The summed E-state index contributed by atoms with van der Waals surface area (Å²) in [5, 5.41) is 0. The molecule has 1 heterocycles. The Morgan fingerprint density at radius 2 is 1.95 bits per heavy atom. The molecule has 1 aromatic rings. The zero-order chi connectivity index (χ0) is 16.2. The zero-order valence-electron chi connectivity index (χ0n) is 11.6. The van der Waals surface area contributed by atoms with Crippen LogP contribution in [0.1, 0.15) is 18.4 Å². The van der Waals surface area contributed by atoms with Crippen molar-refractivity contribution in [1.29, 1.82) is 0 Å². The van der Waals surface area contributed by atoms with Crippen molar-refractivity contribution in [3.05, 3.63) is 29.8 Å². The van der Waals surface area contributed by atoms with Crippen LogP contribution in [0.2, 0.25) is 0 Å². The fraction of sp³-hybridized carbons (Fsp3) is 0.538. The van der Waals surface area contributed by atoms with Crippen LogP contribution in [0.4, 0.5) is 13.2 Å². The van der Waals surface area contributed by atoms with Crippen molar-refractivity contribution < 1.29 is 31.1 Å². The SMILES string of the molecule is O=S(=O)(Cc1ccc(OC(F)(F)F)cc1)NCC1CCCO1. The Hall–Kier alpha value is -1.32. The molecular weight excluding hydrogens is 323 g/mol.